The van der Waals surface area contributed by atoms with E-state index in [9.17, 15) is 4.79 Å². The molecule has 4 heteroatoms. The molecule has 0 radical (unpaired) electrons. The molecule has 3 unspecified atom stereocenters. The first-order valence-electron chi connectivity index (χ1n) is 6.80. The third kappa shape index (κ3) is 2.42. The van der Waals surface area contributed by atoms with E-state index in [0.717, 1.165) is 23.4 Å². The molecule has 102 valence electrons. The van der Waals surface area contributed by atoms with Gasteiger partial charge in [0.15, 0.2) is 0 Å². The third-order valence-corrected chi connectivity index (χ3v) is 5.03. The van der Waals surface area contributed by atoms with Crippen molar-refractivity contribution in [2.24, 2.45) is 0 Å². The summed E-state index contributed by atoms with van der Waals surface area (Å²) in [6.45, 7) is 2.18. The Morgan fingerprint density at radius 2 is 1.84 bits per heavy atom. The Kier molecular flexibility index (Phi) is 3.59. The lowest BCUT2D eigenvalue weighted by molar-refractivity contribution is -0.124. The van der Waals surface area contributed by atoms with Gasteiger partial charge in [-0.15, -0.1) is 0 Å². The summed E-state index contributed by atoms with van der Waals surface area (Å²) in [6.07, 6.45) is 3.66. The van der Waals surface area contributed by atoms with Crippen molar-refractivity contribution in [3.8, 4) is 0 Å². The standard InChI is InChI=1S/C15H17Cl2NO/c1-9(14-5-2-10(16)6-15(14)17)18-11-3-4-12(18)8-13(19)7-11/h2,5-6,9,11-12H,3-4,7-8H2,1H3. The van der Waals surface area contributed by atoms with Gasteiger partial charge in [0.1, 0.15) is 5.78 Å². The lowest BCUT2D eigenvalue weighted by Gasteiger charge is -2.39. The fourth-order valence-corrected chi connectivity index (χ4v) is 4.20. The average molecular weight is 298 g/mol. The van der Waals surface area contributed by atoms with Gasteiger partial charge in [0.25, 0.3) is 0 Å². The first-order valence-corrected chi connectivity index (χ1v) is 7.56. The van der Waals surface area contributed by atoms with Gasteiger partial charge in [0.2, 0.25) is 0 Å². The van der Waals surface area contributed by atoms with Crippen LogP contribution in [0.5, 0.6) is 0 Å². The maximum absolute atomic E-state index is 11.7. The van der Waals surface area contributed by atoms with Crippen LogP contribution in [0.15, 0.2) is 18.2 Å². The molecule has 2 aliphatic rings. The number of ketones is 1. The van der Waals surface area contributed by atoms with Crippen LogP contribution in [-0.2, 0) is 4.79 Å². The minimum atomic E-state index is 0.246. The Balaban J connectivity index is 1.88. The van der Waals surface area contributed by atoms with Gasteiger partial charge >= 0.3 is 0 Å². The highest BCUT2D eigenvalue weighted by Crippen LogP contribution is 2.41. The number of carbonyl (C=O) groups is 1. The maximum atomic E-state index is 11.7. The summed E-state index contributed by atoms with van der Waals surface area (Å²) in [5, 5.41) is 1.38. The molecule has 3 atom stereocenters. The van der Waals surface area contributed by atoms with Gasteiger partial charge in [0, 0.05) is 41.0 Å². The fraction of sp³-hybridized carbons (Fsp3) is 0.533. The Labute approximate surface area is 123 Å². The topological polar surface area (TPSA) is 20.3 Å². The molecule has 0 N–H and O–H groups in total. The van der Waals surface area contributed by atoms with Crippen LogP contribution < -0.4 is 0 Å². The van der Waals surface area contributed by atoms with Crippen LogP contribution in [0.4, 0.5) is 0 Å². The summed E-state index contributed by atoms with van der Waals surface area (Å²) in [4.78, 5) is 14.2. The normalized spacial score (nSPS) is 28.7. The predicted molar refractivity (Wildman–Crippen MR) is 77.8 cm³/mol. The van der Waals surface area contributed by atoms with E-state index >= 15 is 0 Å². The highest BCUT2D eigenvalue weighted by Gasteiger charge is 2.42. The number of Topliss-reactive ketones (excluding diaryl/α,β-unsaturated/α-hetero) is 1. The minimum Gasteiger partial charge on any atom is -0.300 e. The molecule has 0 saturated carbocycles. The summed E-state index contributed by atoms with van der Waals surface area (Å²) >= 11 is 12.3. The zero-order valence-corrected chi connectivity index (χ0v) is 12.4. The third-order valence-electron chi connectivity index (χ3n) is 4.46. The molecule has 2 fully saturated rings. The second-order valence-corrected chi connectivity index (χ2v) is 6.46. The number of fused-ring (bicyclic) bond motifs is 2. The van der Waals surface area contributed by atoms with Crippen LogP contribution in [-0.4, -0.2) is 22.8 Å². The van der Waals surface area contributed by atoms with E-state index in [-0.39, 0.29) is 6.04 Å². The molecule has 2 saturated heterocycles. The van der Waals surface area contributed by atoms with Crippen LogP contribution in [0.2, 0.25) is 10.0 Å². The number of nitrogens with zero attached hydrogens (tertiary/aromatic N) is 1. The average Bonchev–Trinajstić information content (AvgIpc) is 2.61. The Morgan fingerprint density at radius 1 is 1.21 bits per heavy atom. The molecular weight excluding hydrogens is 281 g/mol. The Bertz CT molecular complexity index is 501. The van der Waals surface area contributed by atoms with Crippen molar-refractivity contribution >= 4 is 29.0 Å². The summed E-state index contributed by atoms with van der Waals surface area (Å²) < 4.78 is 0. The van der Waals surface area contributed by atoms with Crippen LogP contribution >= 0.6 is 23.2 Å². The predicted octanol–water partition coefficient (Wildman–Crippen LogP) is 4.25. The van der Waals surface area contributed by atoms with Gasteiger partial charge in [-0.3, -0.25) is 9.69 Å². The zero-order valence-electron chi connectivity index (χ0n) is 10.9. The van der Waals surface area contributed by atoms with Crippen molar-refractivity contribution in [2.45, 2.75) is 50.7 Å². The summed E-state index contributed by atoms with van der Waals surface area (Å²) in [5.74, 6) is 0.415. The molecule has 3 rings (SSSR count). The van der Waals surface area contributed by atoms with Crippen LogP contribution in [0, 0.1) is 0 Å². The summed E-state index contributed by atoms with van der Waals surface area (Å²) in [6, 6.07) is 6.73. The molecule has 0 amide bonds. The monoisotopic (exact) mass is 297 g/mol. The maximum Gasteiger partial charge on any atom is 0.136 e. The minimum absolute atomic E-state index is 0.246. The molecule has 0 aliphatic carbocycles. The number of hydrogen-bond donors (Lipinski definition) is 0. The SMILES string of the molecule is CC(c1ccc(Cl)cc1Cl)N1C2CCC1CC(=O)C2. The second kappa shape index (κ2) is 5.08. The lowest BCUT2D eigenvalue weighted by Crippen LogP contribution is -2.44. The molecule has 2 bridgehead atoms. The zero-order chi connectivity index (χ0) is 13.6. The smallest absolute Gasteiger partial charge is 0.136 e. The van der Waals surface area contributed by atoms with Crippen molar-refractivity contribution in [1.82, 2.24) is 4.90 Å². The van der Waals surface area contributed by atoms with Gasteiger partial charge < -0.3 is 0 Å². The molecule has 2 heterocycles. The molecule has 2 nitrogen and oxygen atoms in total. The van der Waals surface area contributed by atoms with Crippen LogP contribution in [0.25, 0.3) is 0 Å². The van der Waals surface area contributed by atoms with Crippen molar-refractivity contribution in [3.05, 3.63) is 33.8 Å². The number of piperidine rings is 1. The van der Waals surface area contributed by atoms with E-state index in [4.69, 9.17) is 23.2 Å². The number of halogens is 2. The van der Waals surface area contributed by atoms with Crippen LogP contribution in [0.1, 0.15) is 44.2 Å². The molecular formula is C15H17Cl2NO. The van der Waals surface area contributed by atoms with Crippen molar-refractivity contribution < 1.29 is 4.79 Å². The molecule has 0 aromatic heterocycles. The summed E-state index contributed by atoms with van der Waals surface area (Å²) in [5.41, 5.74) is 1.11. The number of carbonyl (C=O) groups excluding carboxylic acids is 1. The number of rotatable bonds is 2. The van der Waals surface area contributed by atoms with Crippen molar-refractivity contribution in [2.75, 3.05) is 0 Å². The second-order valence-electron chi connectivity index (χ2n) is 5.62. The first kappa shape index (κ1) is 13.4. The van der Waals surface area contributed by atoms with Crippen LogP contribution in [0.3, 0.4) is 0 Å². The van der Waals surface area contributed by atoms with Gasteiger partial charge in [0.05, 0.1) is 0 Å². The largest absolute Gasteiger partial charge is 0.300 e. The van der Waals surface area contributed by atoms with E-state index in [2.05, 4.69) is 11.8 Å². The fourth-order valence-electron chi connectivity index (χ4n) is 3.64. The molecule has 2 aliphatic heterocycles. The Morgan fingerprint density at radius 3 is 2.42 bits per heavy atom. The number of hydrogen-bond acceptors (Lipinski definition) is 2. The molecule has 1 aromatic rings. The summed E-state index contributed by atoms with van der Waals surface area (Å²) in [7, 11) is 0. The molecule has 1 aromatic carbocycles. The quantitative estimate of drug-likeness (QED) is 0.813. The number of benzene rings is 1. The van der Waals surface area contributed by atoms with Crippen molar-refractivity contribution in [1.29, 1.82) is 0 Å². The van der Waals surface area contributed by atoms with E-state index < -0.39 is 0 Å². The van der Waals surface area contributed by atoms with E-state index in [0.29, 0.717) is 35.7 Å². The highest BCUT2D eigenvalue weighted by atomic mass is 35.5. The van der Waals surface area contributed by atoms with Crippen molar-refractivity contribution in [3.63, 3.8) is 0 Å². The highest BCUT2D eigenvalue weighted by molar-refractivity contribution is 6.35. The van der Waals surface area contributed by atoms with E-state index in [1.165, 1.54) is 0 Å². The van der Waals surface area contributed by atoms with E-state index in [1.807, 2.05) is 12.1 Å². The van der Waals surface area contributed by atoms with E-state index in [1.54, 1.807) is 6.07 Å². The van der Waals surface area contributed by atoms with Gasteiger partial charge in [-0.2, -0.15) is 0 Å². The molecule has 0 spiro atoms. The Hall–Kier alpha value is -0.570. The lowest BCUT2D eigenvalue weighted by atomic mass is 9.96. The first-order chi connectivity index (χ1) is 9.06. The van der Waals surface area contributed by atoms with Gasteiger partial charge in [-0.05, 0) is 37.5 Å². The van der Waals surface area contributed by atoms with Gasteiger partial charge in [-0.1, -0.05) is 29.3 Å². The van der Waals surface area contributed by atoms with Gasteiger partial charge in [-0.25, -0.2) is 0 Å². The molecule has 19 heavy (non-hydrogen) atoms.